The maximum atomic E-state index is 13.7. The smallest absolute Gasteiger partial charge is 0.258 e. The molecule has 0 atom stereocenters. The van der Waals surface area contributed by atoms with Crippen molar-refractivity contribution in [2.24, 2.45) is 5.41 Å². The summed E-state index contributed by atoms with van der Waals surface area (Å²) in [6.45, 7) is 7.43. The van der Waals surface area contributed by atoms with Crippen LogP contribution in [0, 0.1) is 12.3 Å². The Bertz CT molecular complexity index is 1620. The van der Waals surface area contributed by atoms with Crippen molar-refractivity contribution in [2.75, 3.05) is 43.4 Å². The van der Waals surface area contributed by atoms with Gasteiger partial charge in [-0.1, -0.05) is 12.8 Å². The molecule has 4 aromatic rings. The first-order valence-electron chi connectivity index (χ1n) is 16.1. The minimum Gasteiger partial charge on any atom is -0.371 e. The second kappa shape index (κ2) is 11.7. The van der Waals surface area contributed by atoms with Crippen LogP contribution in [0.4, 0.5) is 11.6 Å². The number of fused-ring (bicyclic) bond motifs is 7. The van der Waals surface area contributed by atoms with Gasteiger partial charge in [0.15, 0.2) is 0 Å². The fourth-order valence-corrected chi connectivity index (χ4v) is 7.38. The molecule has 2 fully saturated rings. The first-order chi connectivity index (χ1) is 21.0. The lowest BCUT2D eigenvalue weighted by Crippen LogP contribution is -2.46. The number of piperidine rings is 2. The molecule has 0 radical (unpaired) electrons. The molecule has 3 aromatic heterocycles. The Morgan fingerprint density at radius 1 is 0.860 bits per heavy atom. The summed E-state index contributed by atoms with van der Waals surface area (Å²) in [5, 5.41) is 3.17. The molecule has 8 nitrogen and oxygen atoms in total. The van der Waals surface area contributed by atoms with Gasteiger partial charge in [-0.2, -0.15) is 0 Å². The van der Waals surface area contributed by atoms with Crippen LogP contribution in [0.5, 0.6) is 0 Å². The third-order valence-corrected chi connectivity index (χ3v) is 10.2. The summed E-state index contributed by atoms with van der Waals surface area (Å²) in [4.78, 5) is 32.8. The van der Waals surface area contributed by atoms with E-state index < -0.39 is 0 Å². The number of aromatic nitrogens is 4. The number of carbonyl (C=O) groups excluding carboxylic acids is 1. The summed E-state index contributed by atoms with van der Waals surface area (Å²) in [6, 6.07) is 12.5. The minimum atomic E-state index is -0.164. The number of rotatable bonds is 1. The maximum Gasteiger partial charge on any atom is 0.258 e. The lowest BCUT2D eigenvalue weighted by atomic mass is 9.71. The number of amides is 1. The zero-order chi connectivity index (χ0) is 29.4. The van der Waals surface area contributed by atoms with E-state index in [1.54, 1.807) is 0 Å². The highest BCUT2D eigenvalue weighted by atomic mass is 16.1. The average Bonchev–Trinajstić information content (AvgIpc) is 3.36. The van der Waals surface area contributed by atoms with Crippen LogP contribution in [-0.2, 0) is 13.0 Å². The molecule has 1 amide bonds. The number of hydrogen-bond acceptors (Lipinski definition) is 6. The van der Waals surface area contributed by atoms with Gasteiger partial charge in [0.2, 0.25) is 5.95 Å². The normalized spacial score (nSPS) is 19.8. The average molecular weight is 578 g/mol. The van der Waals surface area contributed by atoms with E-state index in [-0.39, 0.29) is 5.91 Å². The van der Waals surface area contributed by atoms with E-state index in [0.717, 1.165) is 79.7 Å². The molecule has 224 valence electrons. The van der Waals surface area contributed by atoms with Crippen LogP contribution in [0.2, 0.25) is 0 Å². The molecule has 0 aliphatic carbocycles. The van der Waals surface area contributed by atoms with Crippen LogP contribution in [0.15, 0.2) is 48.8 Å². The maximum absolute atomic E-state index is 13.7. The van der Waals surface area contributed by atoms with Crippen molar-refractivity contribution in [1.29, 1.82) is 0 Å². The fraction of sp³-hybridized carbons (Fsp3) is 0.486. The van der Waals surface area contributed by atoms with Crippen molar-refractivity contribution in [1.82, 2.24) is 24.4 Å². The Balaban J connectivity index is 1.18. The van der Waals surface area contributed by atoms with E-state index in [0.29, 0.717) is 16.9 Å². The number of aryl methyl sites for hydroxylation is 3. The summed E-state index contributed by atoms with van der Waals surface area (Å²) in [7, 11) is 2.25. The number of nitrogens with one attached hydrogen (secondary N) is 1. The highest BCUT2D eigenvalue weighted by molar-refractivity contribution is 6.05. The highest BCUT2D eigenvalue weighted by Crippen LogP contribution is 2.42. The lowest BCUT2D eigenvalue weighted by Gasteiger charge is -2.46. The second-order valence-electron chi connectivity index (χ2n) is 13.1. The molecule has 2 bridgehead atoms. The molecule has 3 aliphatic heterocycles. The first-order valence-corrected chi connectivity index (χ1v) is 16.1. The largest absolute Gasteiger partial charge is 0.371 e. The van der Waals surface area contributed by atoms with E-state index >= 15 is 0 Å². The van der Waals surface area contributed by atoms with Crippen LogP contribution in [0.3, 0.4) is 0 Å². The van der Waals surface area contributed by atoms with Crippen LogP contribution in [0.25, 0.3) is 22.3 Å². The second-order valence-corrected chi connectivity index (χ2v) is 13.1. The number of pyridine rings is 2. The van der Waals surface area contributed by atoms with Crippen molar-refractivity contribution in [3.05, 3.63) is 65.6 Å². The molecule has 8 heteroatoms. The van der Waals surface area contributed by atoms with E-state index in [1.807, 2.05) is 31.5 Å². The van der Waals surface area contributed by atoms with Gasteiger partial charge in [-0.3, -0.25) is 20.1 Å². The summed E-state index contributed by atoms with van der Waals surface area (Å²) in [5.74, 6) is 0.456. The molecule has 1 spiro atoms. The van der Waals surface area contributed by atoms with Gasteiger partial charge in [-0.15, -0.1) is 0 Å². The predicted molar refractivity (Wildman–Crippen MR) is 173 cm³/mol. The number of nitrogens with zero attached hydrogens (tertiary/aromatic N) is 6. The summed E-state index contributed by atoms with van der Waals surface area (Å²) in [5.41, 5.74) is 8.25. The molecule has 1 aromatic carbocycles. The van der Waals surface area contributed by atoms with Gasteiger partial charge in [0.1, 0.15) is 0 Å². The fourth-order valence-electron chi connectivity index (χ4n) is 7.38. The van der Waals surface area contributed by atoms with E-state index in [2.05, 4.69) is 56.0 Å². The van der Waals surface area contributed by atoms with E-state index in [1.165, 1.54) is 50.0 Å². The quantitative estimate of drug-likeness (QED) is 0.279. The molecular formula is C35H43N7O. The van der Waals surface area contributed by atoms with E-state index in [4.69, 9.17) is 9.97 Å². The van der Waals surface area contributed by atoms with E-state index in [9.17, 15) is 4.79 Å². The Hall–Kier alpha value is -3.78. The van der Waals surface area contributed by atoms with Gasteiger partial charge in [0, 0.05) is 54.5 Å². The van der Waals surface area contributed by atoms with Crippen LogP contribution in [0.1, 0.15) is 73.0 Å². The highest BCUT2D eigenvalue weighted by Gasteiger charge is 2.37. The molecule has 2 saturated heterocycles. The van der Waals surface area contributed by atoms with Gasteiger partial charge in [-0.05, 0) is 119 Å². The number of anilines is 2. The Morgan fingerprint density at radius 3 is 2.49 bits per heavy atom. The van der Waals surface area contributed by atoms with Crippen LogP contribution in [-0.4, -0.2) is 63.6 Å². The zero-order valence-corrected chi connectivity index (χ0v) is 25.6. The van der Waals surface area contributed by atoms with Crippen molar-refractivity contribution >= 4 is 28.6 Å². The standard InChI is InChI=1S/C35H43N7O/c1-25-21-27-22-31(37-25)29-24-36-15-10-26(29)7-5-3-4-6-16-42-32-23-28(8-9-30(32)38-34(42)39-33(27)43)41-19-13-35(14-20-41)11-17-40(2)18-12-35/h8-10,15,21-24H,3-7,11-14,16-20H2,1-2H3,(H,38,39,43). The molecule has 7 rings (SSSR count). The van der Waals surface area contributed by atoms with Crippen LogP contribution < -0.4 is 10.2 Å². The third-order valence-electron chi connectivity index (χ3n) is 10.2. The number of imidazole rings is 1. The van der Waals surface area contributed by atoms with Gasteiger partial charge < -0.3 is 14.4 Å². The molecule has 1 N–H and O–H groups in total. The molecular weight excluding hydrogens is 534 g/mol. The lowest BCUT2D eigenvalue weighted by molar-refractivity contribution is 0.0945. The molecule has 0 saturated carbocycles. The number of likely N-dealkylation sites (tertiary alicyclic amines) is 1. The van der Waals surface area contributed by atoms with Crippen molar-refractivity contribution in [2.45, 2.75) is 71.3 Å². The molecule has 43 heavy (non-hydrogen) atoms. The molecule has 0 unspecified atom stereocenters. The third kappa shape index (κ3) is 5.77. The monoisotopic (exact) mass is 577 g/mol. The van der Waals surface area contributed by atoms with Crippen molar-refractivity contribution < 1.29 is 4.79 Å². The van der Waals surface area contributed by atoms with Crippen LogP contribution >= 0.6 is 0 Å². The number of hydrogen-bond donors (Lipinski definition) is 1. The Labute approximate surface area is 254 Å². The minimum absolute atomic E-state index is 0.164. The van der Waals surface area contributed by atoms with Gasteiger partial charge in [0.05, 0.1) is 16.7 Å². The Kier molecular flexibility index (Phi) is 7.63. The number of carbonyl (C=O) groups is 1. The van der Waals surface area contributed by atoms with Gasteiger partial charge in [0.25, 0.3) is 5.91 Å². The summed E-state index contributed by atoms with van der Waals surface area (Å²) >= 11 is 0. The summed E-state index contributed by atoms with van der Waals surface area (Å²) < 4.78 is 2.23. The number of benzene rings is 1. The predicted octanol–water partition coefficient (Wildman–Crippen LogP) is 6.48. The SMILES string of the molecule is Cc1cc2cc(n1)-c1cnccc1CCCCCCn1c(nc3ccc(N4CCC5(CCN(C)CC5)CC4)cc31)NC2=O. The topological polar surface area (TPSA) is 79.2 Å². The van der Waals surface area contributed by atoms with Crippen molar-refractivity contribution in [3.8, 4) is 11.3 Å². The zero-order valence-electron chi connectivity index (χ0n) is 25.6. The Morgan fingerprint density at radius 2 is 1.65 bits per heavy atom. The summed E-state index contributed by atoms with van der Waals surface area (Å²) in [6.07, 6.45) is 14.3. The molecule has 6 heterocycles. The van der Waals surface area contributed by atoms with Gasteiger partial charge in [-0.25, -0.2) is 4.98 Å². The van der Waals surface area contributed by atoms with Crippen molar-refractivity contribution in [3.63, 3.8) is 0 Å². The first kappa shape index (κ1) is 28.0. The van der Waals surface area contributed by atoms with Gasteiger partial charge >= 0.3 is 0 Å². The molecule has 3 aliphatic rings.